The summed E-state index contributed by atoms with van der Waals surface area (Å²) in [5.74, 6) is 0.693. The number of fused-ring (bicyclic) bond motifs is 2. The lowest BCUT2D eigenvalue weighted by Gasteiger charge is -2.24. The Morgan fingerprint density at radius 1 is 1.05 bits per heavy atom. The minimum atomic E-state index is -0.337. The molecule has 6 rings (SSSR count). The van der Waals surface area contributed by atoms with Gasteiger partial charge in [-0.1, -0.05) is 25.1 Å². The largest absolute Gasteiger partial charge is 0.497 e. The number of nitrogens with zero attached hydrogens (tertiary/aromatic N) is 5. The highest BCUT2D eigenvalue weighted by molar-refractivity contribution is 6.07. The summed E-state index contributed by atoms with van der Waals surface area (Å²) in [4.78, 5) is 31.7. The second-order valence-corrected chi connectivity index (χ2v) is 10.2. The smallest absolute Gasteiger partial charge is 0.194 e. The molecule has 1 aliphatic heterocycles. The quantitative estimate of drug-likeness (QED) is 0.257. The molecule has 2 atom stereocenters. The highest BCUT2D eigenvalue weighted by Gasteiger charge is 2.27. The molecule has 210 valence electrons. The van der Waals surface area contributed by atoms with Crippen molar-refractivity contribution in [3.63, 3.8) is 0 Å². The summed E-state index contributed by atoms with van der Waals surface area (Å²) >= 11 is 0. The fourth-order valence-electron chi connectivity index (χ4n) is 5.31. The number of methoxy groups -OCH3 is 1. The number of aromatic nitrogens is 4. The summed E-state index contributed by atoms with van der Waals surface area (Å²) in [6.07, 6.45) is 6.89. The molecule has 5 aromatic rings. The topological polar surface area (TPSA) is 94.3 Å². The van der Waals surface area contributed by atoms with Crippen LogP contribution in [0.5, 0.6) is 5.75 Å². The second-order valence-electron chi connectivity index (χ2n) is 10.2. The van der Waals surface area contributed by atoms with Crippen LogP contribution in [-0.2, 0) is 6.54 Å². The molecule has 0 radical (unpaired) electrons. The Hall–Kier alpha value is -5.18. The molecule has 1 unspecified atom stereocenters. The van der Waals surface area contributed by atoms with E-state index < -0.39 is 0 Å². The third-order valence-electron chi connectivity index (χ3n) is 7.48. The van der Waals surface area contributed by atoms with Gasteiger partial charge in [-0.25, -0.2) is 14.4 Å². The predicted octanol–water partition coefficient (Wildman–Crippen LogP) is 6.15. The van der Waals surface area contributed by atoms with Crippen LogP contribution in [-0.4, -0.2) is 38.4 Å². The van der Waals surface area contributed by atoms with Crippen LogP contribution < -0.4 is 15.5 Å². The molecule has 0 amide bonds. The zero-order chi connectivity index (χ0) is 29.2. The molecule has 9 heteroatoms. The van der Waals surface area contributed by atoms with E-state index >= 15 is 0 Å². The van der Waals surface area contributed by atoms with E-state index in [1.54, 1.807) is 25.6 Å². The molecule has 1 N–H and O–H groups in total. The first kappa shape index (κ1) is 27.0. The van der Waals surface area contributed by atoms with Crippen LogP contribution in [0.2, 0.25) is 0 Å². The Labute approximate surface area is 242 Å². The second kappa shape index (κ2) is 11.4. The number of pyridine rings is 2. The Morgan fingerprint density at radius 3 is 2.64 bits per heavy atom. The predicted molar refractivity (Wildman–Crippen MR) is 164 cm³/mol. The first-order chi connectivity index (χ1) is 20.4. The van der Waals surface area contributed by atoms with Crippen molar-refractivity contribution in [2.75, 3.05) is 12.4 Å². The van der Waals surface area contributed by atoms with Gasteiger partial charge >= 0.3 is 0 Å². The number of benzene rings is 2. The van der Waals surface area contributed by atoms with Crippen molar-refractivity contribution in [2.24, 2.45) is 10.9 Å². The van der Waals surface area contributed by atoms with Crippen LogP contribution in [0, 0.1) is 11.7 Å². The molecule has 4 heterocycles. The fourth-order valence-corrected chi connectivity index (χ4v) is 5.31. The summed E-state index contributed by atoms with van der Waals surface area (Å²) in [6.45, 7) is 4.55. The van der Waals surface area contributed by atoms with Crippen molar-refractivity contribution >= 4 is 39.9 Å². The van der Waals surface area contributed by atoms with E-state index in [2.05, 4.69) is 27.2 Å². The Bertz CT molecular complexity index is 1880. The zero-order valence-corrected chi connectivity index (χ0v) is 23.5. The molecule has 2 aromatic carbocycles. The van der Waals surface area contributed by atoms with E-state index in [0.29, 0.717) is 34.6 Å². The molecule has 3 aromatic heterocycles. The molecule has 0 bridgehead atoms. The summed E-state index contributed by atoms with van der Waals surface area (Å²) in [7, 11) is 1.63. The number of aliphatic imine (C=N–C) groups is 1. The minimum absolute atomic E-state index is 0.169. The molecule has 0 saturated heterocycles. The number of halogens is 1. The van der Waals surface area contributed by atoms with Crippen molar-refractivity contribution in [1.82, 2.24) is 19.5 Å². The molecule has 0 aliphatic carbocycles. The Balaban J connectivity index is 1.38. The van der Waals surface area contributed by atoms with E-state index in [-0.39, 0.29) is 23.2 Å². The Kier molecular flexibility index (Phi) is 7.31. The van der Waals surface area contributed by atoms with Gasteiger partial charge in [-0.15, -0.1) is 0 Å². The van der Waals surface area contributed by atoms with Gasteiger partial charge < -0.3 is 14.6 Å². The van der Waals surface area contributed by atoms with Gasteiger partial charge in [0.2, 0.25) is 0 Å². The van der Waals surface area contributed by atoms with Crippen LogP contribution in [0.1, 0.15) is 30.7 Å². The molecule has 8 nitrogen and oxygen atoms in total. The van der Waals surface area contributed by atoms with Gasteiger partial charge in [-0.2, -0.15) is 0 Å². The van der Waals surface area contributed by atoms with Crippen LogP contribution in [0.4, 0.5) is 15.9 Å². The summed E-state index contributed by atoms with van der Waals surface area (Å²) in [6, 6.07) is 19.3. The van der Waals surface area contributed by atoms with Crippen molar-refractivity contribution in [2.45, 2.75) is 26.4 Å². The van der Waals surface area contributed by atoms with Crippen molar-refractivity contribution in [3.8, 4) is 5.75 Å². The lowest BCUT2D eigenvalue weighted by molar-refractivity contribution is 0.414. The van der Waals surface area contributed by atoms with E-state index in [1.807, 2.05) is 60.0 Å². The minimum Gasteiger partial charge on any atom is -0.497 e. The highest BCUT2D eigenvalue weighted by Crippen LogP contribution is 2.35. The van der Waals surface area contributed by atoms with Crippen LogP contribution in [0.15, 0.2) is 95.2 Å². The lowest BCUT2D eigenvalue weighted by atomic mass is 9.89. The van der Waals surface area contributed by atoms with Gasteiger partial charge in [0.1, 0.15) is 34.7 Å². The van der Waals surface area contributed by atoms with E-state index in [0.717, 1.165) is 28.3 Å². The number of rotatable bonds is 7. The average molecular weight is 561 g/mol. The monoisotopic (exact) mass is 560 g/mol. The maximum atomic E-state index is 14.2. The van der Waals surface area contributed by atoms with E-state index in [1.165, 1.54) is 24.5 Å². The third-order valence-corrected chi connectivity index (χ3v) is 7.48. The molecule has 0 saturated carbocycles. The van der Waals surface area contributed by atoms with Gasteiger partial charge in [0.05, 0.1) is 24.5 Å². The molecule has 42 heavy (non-hydrogen) atoms. The average Bonchev–Trinajstić information content (AvgIpc) is 3.15. The first-order valence-corrected chi connectivity index (χ1v) is 13.7. The number of anilines is 1. The molecule has 1 aliphatic rings. The van der Waals surface area contributed by atoms with Crippen LogP contribution in [0.25, 0.3) is 22.7 Å². The van der Waals surface area contributed by atoms with Crippen molar-refractivity contribution < 1.29 is 9.13 Å². The first-order valence-electron chi connectivity index (χ1n) is 13.7. The van der Waals surface area contributed by atoms with Gasteiger partial charge in [-0.05, 0) is 66.6 Å². The molecule has 0 fully saturated rings. The summed E-state index contributed by atoms with van der Waals surface area (Å²) in [5.41, 5.74) is 5.22. The highest BCUT2D eigenvalue weighted by atomic mass is 19.1. The maximum absolute atomic E-state index is 14.2. The van der Waals surface area contributed by atoms with Gasteiger partial charge in [0.15, 0.2) is 5.43 Å². The summed E-state index contributed by atoms with van der Waals surface area (Å²) in [5, 5.41) is 3.83. The van der Waals surface area contributed by atoms with Crippen molar-refractivity contribution in [3.05, 3.63) is 118 Å². The SMILES string of the molecule is COc1ccc(Cn2ccc(=O)c3c(NC(C)C4=Nc5ccc(F)cc5C=C(c5ccccn5)[C@@H]4C)ncnc32)cc1. The summed E-state index contributed by atoms with van der Waals surface area (Å²) < 4.78 is 21.4. The van der Waals surface area contributed by atoms with Gasteiger partial charge in [0, 0.05) is 42.2 Å². The molecular formula is C33H29FN6O2. The number of ether oxygens (including phenoxy) is 1. The van der Waals surface area contributed by atoms with E-state index in [4.69, 9.17) is 9.73 Å². The van der Waals surface area contributed by atoms with Gasteiger partial charge in [-0.3, -0.25) is 14.8 Å². The molecule has 0 spiro atoms. The Morgan fingerprint density at radius 2 is 1.88 bits per heavy atom. The van der Waals surface area contributed by atoms with Gasteiger partial charge in [0.25, 0.3) is 0 Å². The number of hydrogen-bond donors (Lipinski definition) is 1. The molecular weight excluding hydrogens is 531 g/mol. The van der Waals surface area contributed by atoms with Crippen LogP contribution >= 0.6 is 0 Å². The maximum Gasteiger partial charge on any atom is 0.194 e. The number of hydrogen-bond acceptors (Lipinski definition) is 7. The van der Waals surface area contributed by atoms with Crippen molar-refractivity contribution in [1.29, 1.82) is 0 Å². The zero-order valence-electron chi connectivity index (χ0n) is 23.5. The number of allylic oxidation sites excluding steroid dienone is 1. The standard InChI is InChI=1S/C33H29FN6O2/c1-20-26(28-6-4-5-14-35-28)17-23-16-24(34)9-12-27(23)39-31(20)21(2)38-32-30-29(41)13-15-40(33(30)37-19-36-32)18-22-7-10-25(42-3)11-8-22/h4-17,19-21H,18H2,1-3H3,(H,36,37,38)/t20-,21?/m0/s1. The normalized spacial score (nSPS) is 15.3. The lowest BCUT2D eigenvalue weighted by Crippen LogP contribution is -2.32. The number of nitrogens with one attached hydrogen (secondary N) is 1. The fraction of sp³-hybridized carbons (Fsp3) is 0.182. The third kappa shape index (κ3) is 5.28. The van der Waals surface area contributed by atoms with E-state index in [9.17, 15) is 9.18 Å². The van der Waals surface area contributed by atoms with Crippen LogP contribution in [0.3, 0.4) is 0 Å².